The Hall–Kier alpha value is -3.37. The highest BCUT2D eigenvalue weighted by atomic mass is 35.5. The third kappa shape index (κ3) is 4.46. The van der Waals surface area contributed by atoms with E-state index < -0.39 is 0 Å². The molecule has 0 aliphatic rings. The van der Waals surface area contributed by atoms with Gasteiger partial charge >= 0.3 is 0 Å². The Bertz CT molecular complexity index is 1310. The van der Waals surface area contributed by atoms with Crippen LogP contribution >= 0.6 is 23.4 Å². The third-order valence-electron chi connectivity index (χ3n) is 4.87. The zero-order valence-corrected chi connectivity index (χ0v) is 19.0. The van der Waals surface area contributed by atoms with E-state index in [0.29, 0.717) is 21.6 Å². The maximum Gasteiger partial charge on any atom is 0.295 e. The lowest BCUT2D eigenvalue weighted by Gasteiger charge is -2.07. The maximum absolute atomic E-state index is 12.9. The maximum atomic E-state index is 12.9. The lowest BCUT2D eigenvalue weighted by atomic mass is 10.3. The molecule has 4 aromatic rings. The van der Waals surface area contributed by atoms with Gasteiger partial charge in [0.15, 0.2) is 0 Å². The molecule has 11 heteroatoms. The van der Waals surface area contributed by atoms with Gasteiger partial charge in [-0.05, 0) is 47.7 Å². The lowest BCUT2D eigenvalue weighted by Crippen LogP contribution is -2.23. The van der Waals surface area contributed by atoms with Gasteiger partial charge < -0.3 is 5.32 Å². The number of anilines is 1. The molecule has 1 N–H and O–H groups in total. The van der Waals surface area contributed by atoms with Crippen LogP contribution in [0.3, 0.4) is 0 Å². The van der Waals surface area contributed by atoms with Crippen LogP contribution in [-0.2, 0) is 11.8 Å². The highest BCUT2D eigenvalue weighted by Crippen LogP contribution is 2.21. The van der Waals surface area contributed by atoms with Gasteiger partial charge in [0, 0.05) is 24.2 Å². The van der Waals surface area contributed by atoms with Crippen LogP contribution in [0.2, 0.25) is 5.02 Å². The molecule has 0 aliphatic heterocycles. The van der Waals surface area contributed by atoms with Gasteiger partial charge in [-0.1, -0.05) is 47.6 Å². The van der Waals surface area contributed by atoms with E-state index in [4.69, 9.17) is 11.6 Å². The molecule has 2 aromatic heterocycles. The van der Waals surface area contributed by atoms with Gasteiger partial charge in [0.1, 0.15) is 5.69 Å². The predicted molar refractivity (Wildman–Crippen MR) is 124 cm³/mol. The second-order valence-electron chi connectivity index (χ2n) is 6.94. The first-order chi connectivity index (χ1) is 15.5. The number of hydrogen-bond acceptors (Lipinski definition) is 6. The molecule has 0 saturated heterocycles. The number of tetrazole rings is 1. The monoisotopic (exact) mass is 469 g/mol. The first-order valence-electron chi connectivity index (χ1n) is 9.76. The fourth-order valence-electron chi connectivity index (χ4n) is 3.19. The average Bonchev–Trinajstić information content (AvgIpc) is 3.33. The molecule has 164 valence electrons. The zero-order chi connectivity index (χ0) is 22.7. The van der Waals surface area contributed by atoms with Crippen LogP contribution in [0.15, 0.2) is 64.5 Å². The number of benzene rings is 2. The van der Waals surface area contributed by atoms with E-state index in [0.717, 1.165) is 11.4 Å². The van der Waals surface area contributed by atoms with Gasteiger partial charge in [0.25, 0.3) is 5.56 Å². The molecule has 9 nitrogen and oxygen atoms in total. The number of aromatic nitrogens is 6. The number of halogens is 1. The predicted octanol–water partition coefficient (Wildman–Crippen LogP) is 3.23. The zero-order valence-electron chi connectivity index (χ0n) is 17.4. The van der Waals surface area contributed by atoms with Crippen molar-refractivity contribution in [3.8, 4) is 11.4 Å². The molecule has 2 heterocycles. The summed E-state index contributed by atoms with van der Waals surface area (Å²) < 4.78 is 4.81. The van der Waals surface area contributed by atoms with Gasteiger partial charge in [-0.15, -0.1) is 5.10 Å². The van der Waals surface area contributed by atoms with Crippen LogP contribution in [0.4, 0.5) is 5.69 Å². The Balaban J connectivity index is 1.42. The van der Waals surface area contributed by atoms with Crippen LogP contribution < -0.4 is 10.9 Å². The van der Waals surface area contributed by atoms with E-state index in [1.807, 2.05) is 42.5 Å². The minimum Gasteiger partial charge on any atom is -0.320 e. The number of carbonyl (C=O) groups excluding carboxylic acids is 1. The first kappa shape index (κ1) is 21.8. The number of hydrogen-bond donors (Lipinski definition) is 1. The summed E-state index contributed by atoms with van der Waals surface area (Å²) in [5.74, 6) is 0.177. The van der Waals surface area contributed by atoms with E-state index in [-0.39, 0.29) is 23.6 Å². The molecule has 0 atom stereocenters. The minimum atomic E-state index is -0.276. The Morgan fingerprint density at radius 3 is 2.62 bits per heavy atom. The van der Waals surface area contributed by atoms with Crippen molar-refractivity contribution < 1.29 is 4.79 Å². The van der Waals surface area contributed by atoms with Crippen LogP contribution in [0.1, 0.15) is 12.1 Å². The number of thioether (sulfide) groups is 1. The molecule has 0 fully saturated rings. The van der Waals surface area contributed by atoms with Crippen molar-refractivity contribution in [2.24, 2.45) is 7.05 Å². The number of para-hydroxylation sites is 1. The Kier molecular flexibility index (Phi) is 6.42. The number of rotatable bonds is 7. The van der Waals surface area contributed by atoms with Crippen molar-refractivity contribution in [3.05, 3.63) is 75.7 Å². The Morgan fingerprint density at radius 1 is 1.12 bits per heavy atom. The number of amides is 1. The summed E-state index contributed by atoms with van der Waals surface area (Å²) in [6.45, 7) is 1.80. The van der Waals surface area contributed by atoms with Gasteiger partial charge in [0.05, 0.1) is 17.1 Å². The molecule has 4 rings (SSSR count). The Labute approximate surface area is 193 Å². The second-order valence-corrected chi connectivity index (χ2v) is 8.43. The van der Waals surface area contributed by atoms with Gasteiger partial charge in [-0.2, -0.15) is 4.68 Å². The van der Waals surface area contributed by atoms with E-state index >= 15 is 0 Å². The average molecular weight is 470 g/mol. The van der Waals surface area contributed by atoms with E-state index in [2.05, 4.69) is 20.8 Å². The standard InChI is InChI=1S/C21H20ClN7O2S/c1-14-19(20(31)29(27(14)2)16-8-4-3-5-9-16)23-18(30)11-12-32-21-24-25-26-28(21)17-10-6-7-15(22)13-17/h3-10,13H,11-12H2,1-2H3,(H,23,30). The summed E-state index contributed by atoms with van der Waals surface area (Å²) in [6.07, 6.45) is 0.187. The fraction of sp³-hybridized carbons (Fsp3) is 0.190. The summed E-state index contributed by atoms with van der Waals surface area (Å²) in [4.78, 5) is 25.5. The highest BCUT2D eigenvalue weighted by molar-refractivity contribution is 7.99. The smallest absolute Gasteiger partial charge is 0.295 e. The minimum absolute atomic E-state index is 0.187. The molecule has 0 saturated carbocycles. The van der Waals surface area contributed by atoms with Crippen molar-refractivity contribution in [1.82, 2.24) is 29.6 Å². The highest BCUT2D eigenvalue weighted by Gasteiger charge is 2.18. The SMILES string of the molecule is Cc1c(NC(=O)CCSc2nnnn2-c2cccc(Cl)c2)c(=O)n(-c2ccccc2)n1C. The molecule has 1 amide bonds. The molecule has 0 spiro atoms. The van der Waals surface area contributed by atoms with Crippen molar-refractivity contribution in [2.75, 3.05) is 11.1 Å². The van der Waals surface area contributed by atoms with Crippen LogP contribution in [0.25, 0.3) is 11.4 Å². The van der Waals surface area contributed by atoms with Crippen LogP contribution in [0.5, 0.6) is 0 Å². The lowest BCUT2D eigenvalue weighted by molar-refractivity contribution is -0.115. The van der Waals surface area contributed by atoms with Gasteiger partial charge in [-0.3, -0.25) is 14.3 Å². The fourth-order valence-corrected chi connectivity index (χ4v) is 4.20. The summed E-state index contributed by atoms with van der Waals surface area (Å²) in [5.41, 5.74) is 2.13. The molecular formula is C21H20ClN7O2S. The quantitative estimate of drug-likeness (QED) is 0.417. The summed E-state index contributed by atoms with van der Waals surface area (Å²) in [6, 6.07) is 16.5. The normalized spacial score (nSPS) is 11.0. The van der Waals surface area contributed by atoms with Gasteiger partial charge in [0.2, 0.25) is 11.1 Å². The molecule has 0 radical (unpaired) electrons. The number of nitrogens with zero attached hydrogens (tertiary/aromatic N) is 6. The van der Waals surface area contributed by atoms with E-state index in [1.165, 1.54) is 16.4 Å². The van der Waals surface area contributed by atoms with Crippen molar-refractivity contribution >= 4 is 35.0 Å². The molecule has 2 aromatic carbocycles. The van der Waals surface area contributed by atoms with Crippen LogP contribution in [-0.4, -0.2) is 41.2 Å². The topological polar surface area (TPSA) is 99.6 Å². The third-order valence-corrected chi connectivity index (χ3v) is 6.03. The second kappa shape index (κ2) is 9.41. The summed E-state index contributed by atoms with van der Waals surface area (Å²) >= 11 is 7.39. The molecule has 32 heavy (non-hydrogen) atoms. The number of carbonyl (C=O) groups is 1. The number of nitrogens with one attached hydrogen (secondary N) is 1. The summed E-state index contributed by atoms with van der Waals surface area (Å²) in [5, 5.41) is 15.6. The van der Waals surface area contributed by atoms with Gasteiger partial charge in [-0.25, -0.2) is 4.68 Å². The molecule has 0 aliphatic carbocycles. The Morgan fingerprint density at radius 2 is 1.88 bits per heavy atom. The van der Waals surface area contributed by atoms with Crippen molar-refractivity contribution in [3.63, 3.8) is 0 Å². The van der Waals surface area contributed by atoms with Crippen molar-refractivity contribution in [2.45, 2.75) is 18.5 Å². The molecule has 0 bridgehead atoms. The molecular weight excluding hydrogens is 450 g/mol. The molecule has 0 unspecified atom stereocenters. The van der Waals surface area contributed by atoms with E-state index in [1.54, 1.807) is 35.5 Å². The summed E-state index contributed by atoms with van der Waals surface area (Å²) in [7, 11) is 1.78. The van der Waals surface area contributed by atoms with Crippen molar-refractivity contribution in [1.29, 1.82) is 0 Å². The van der Waals surface area contributed by atoms with E-state index in [9.17, 15) is 9.59 Å². The van der Waals surface area contributed by atoms with Crippen LogP contribution in [0, 0.1) is 6.92 Å². The largest absolute Gasteiger partial charge is 0.320 e. The first-order valence-corrected chi connectivity index (χ1v) is 11.1.